The molecule has 0 spiro atoms. The molecular formula is C20H34N6O2. The van der Waals surface area contributed by atoms with E-state index in [9.17, 15) is 9.59 Å². The van der Waals surface area contributed by atoms with Crippen molar-refractivity contribution in [2.75, 3.05) is 59.9 Å². The maximum atomic E-state index is 13.1. The zero-order valence-corrected chi connectivity index (χ0v) is 17.5. The van der Waals surface area contributed by atoms with Crippen molar-refractivity contribution >= 4 is 11.8 Å². The Morgan fingerprint density at radius 1 is 1.11 bits per heavy atom. The van der Waals surface area contributed by atoms with Crippen molar-refractivity contribution in [3.63, 3.8) is 0 Å². The third-order valence-corrected chi connectivity index (χ3v) is 5.70. The van der Waals surface area contributed by atoms with Gasteiger partial charge in [-0.25, -0.2) is 4.98 Å². The molecule has 28 heavy (non-hydrogen) atoms. The first-order chi connectivity index (χ1) is 13.5. The van der Waals surface area contributed by atoms with Crippen LogP contribution in [-0.2, 0) is 13.0 Å². The molecule has 8 nitrogen and oxygen atoms in total. The molecule has 0 aliphatic carbocycles. The van der Waals surface area contributed by atoms with Gasteiger partial charge in [0.05, 0.1) is 5.69 Å². The van der Waals surface area contributed by atoms with Gasteiger partial charge in [-0.3, -0.25) is 9.59 Å². The molecule has 2 aliphatic heterocycles. The predicted molar refractivity (Wildman–Crippen MR) is 109 cm³/mol. The van der Waals surface area contributed by atoms with Crippen LogP contribution in [0.1, 0.15) is 53.0 Å². The van der Waals surface area contributed by atoms with Crippen molar-refractivity contribution < 1.29 is 9.59 Å². The summed E-state index contributed by atoms with van der Waals surface area (Å²) in [6, 6.07) is 0. The normalized spacial score (nSPS) is 17.6. The van der Waals surface area contributed by atoms with E-state index in [1.165, 1.54) is 0 Å². The monoisotopic (exact) mass is 390 g/mol. The standard InChI is InChI=1S/C20H34N6O2/c1-4-24-12-14-25(15-13-24)20(28)17-16-8-5-6-11-26(16)18(22-17)19(27)21-9-7-10-23(2)3/h4-15H2,1-3H3,(H,21,27). The first-order valence-corrected chi connectivity index (χ1v) is 10.5. The van der Waals surface area contributed by atoms with Gasteiger partial charge in [-0.2, -0.15) is 0 Å². The number of carbonyl (C=O) groups is 2. The van der Waals surface area contributed by atoms with Crippen molar-refractivity contribution in [2.45, 2.75) is 39.2 Å². The first kappa shape index (κ1) is 20.8. The average molecular weight is 391 g/mol. The maximum Gasteiger partial charge on any atom is 0.287 e. The van der Waals surface area contributed by atoms with Crippen LogP contribution in [0.2, 0.25) is 0 Å². The van der Waals surface area contributed by atoms with Gasteiger partial charge in [-0.1, -0.05) is 6.92 Å². The van der Waals surface area contributed by atoms with E-state index in [1.54, 1.807) is 0 Å². The quantitative estimate of drug-likeness (QED) is 0.693. The van der Waals surface area contributed by atoms with Gasteiger partial charge in [0.1, 0.15) is 5.69 Å². The van der Waals surface area contributed by atoms with E-state index < -0.39 is 0 Å². The van der Waals surface area contributed by atoms with Crippen LogP contribution in [0, 0.1) is 0 Å². The number of hydrogen-bond acceptors (Lipinski definition) is 5. The number of imidazole rings is 1. The molecule has 0 saturated carbocycles. The summed E-state index contributed by atoms with van der Waals surface area (Å²) in [5.41, 5.74) is 1.43. The summed E-state index contributed by atoms with van der Waals surface area (Å²) < 4.78 is 1.97. The molecule has 0 radical (unpaired) electrons. The number of fused-ring (bicyclic) bond motifs is 1. The van der Waals surface area contributed by atoms with Crippen LogP contribution in [0.15, 0.2) is 0 Å². The fourth-order valence-electron chi connectivity index (χ4n) is 3.98. The molecular weight excluding hydrogens is 356 g/mol. The van der Waals surface area contributed by atoms with Gasteiger partial charge in [0.2, 0.25) is 0 Å². The van der Waals surface area contributed by atoms with E-state index in [1.807, 2.05) is 23.6 Å². The summed E-state index contributed by atoms with van der Waals surface area (Å²) in [7, 11) is 4.04. The van der Waals surface area contributed by atoms with Crippen LogP contribution in [0.5, 0.6) is 0 Å². The second-order valence-electron chi connectivity index (χ2n) is 7.98. The zero-order chi connectivity index (χ0) is 20.1. The molecule has 8 heteroatoms. The predicted octanol–water partition coefficient (Wildman–Crippen LogP) is 0.679. The smallest absolute Gasteiger partial charge is 0.287 e. The number of piperazine rings is 1. The highest BCUT2D eigenvalue weighted by Gasteiger charge is 2.31. The number of aromatic nitrogens is 2. The van der Waals surface area contributed by atoms with Crippen LogP contribution < -0.4 is 5.32 Å². The highest BCUT2D eigenvalue weighted by atomic mass is 16.2. The van der Waals surface area contributed by atoms with Gasteiger partial charge in [0, 0.05) is 39.3 Å². The minimum atomic E-state index is -0.170. The Balaban J connectivity index is 1.72. The lowest BCUT2D eigenvalue weighted by Crippen LogP contribution is -2.48. The Hall–Kier alpha value is -1.93. The van der Waals surface area contributed by atoms with Gasteiger partial charge in [-0.05, 0) is 52.9 Å². The number of amides is 2. The lowest BCUT2D eigenvalue weighted by Gasteiger charge is -2.33. The average Bonchev–Trinajstić information content (AvgIpc) is 3.10. The minimum Gasteiger partial charge on any atom is -0.349 e. The number of carbonyl (C=O) groups excluding carboxylic acids is 2. The Morgan fingerprint density at radius 3 is 2.54 bits per heavy atom. The summed E-state index contributed by atoms with van der Waals surface area (Å²) in [5, 5.41) is 2.97. The molecule has 1 fully saturated rings. The zero-order valence-electron chi connectivity index (χ0n) is 17.5. The van der Waals surface area contributed by atoms with Crippen LogP contribution in [-0.4, -0.2) is 96.0 Å². The highest BCUT2D eigenvalue weighted by Crippen LogP contribution is 2.23. The van der Waals surface area contributed by atoms with Crippen LogP contribution in [0.3, 0.4) is 0 Å². The molecule has 3 rings (SSSR count). The minimum absolute atomic E-state index is 0.0203. The Kier molecular flexibility index (Phi) is 7.07. The van der Waals surface area contributed by atoms with Crippen molar-refractivity contribution in [1.29, 1.82) is 0 Å². The van der Waals surface area contributed by atoms with E-state index in [2.05, 4.69) is 27.0 Å². The molecule has 1 aromatic heterocycles. The van der Waals surface area contributed by atoms with Crippen LogP contribution in [0.4, 0.5) is 0 Å². The fourth-order valence-corrected chi connectivity index (χ4v) is 3.98. The van der Waals surface area contributed by atoms with Gasteiger partial charge < -0.3 is 24.6 Å². The van der Waals surface area contributed by atoms with E-state index in [4.69, 9.17) is 0 Å². The summed E-state index contributed by atoms with van der Waals surface area (Å²) in [6.45, 7) is 8.71. The largest absolute Gasteiger partial charge is 0.349 e. The van der Waals surface area contributed by atoms with Crippen LogP contribution >= 0.6 is 0 Å². The molecule has 0 unspecified atom stereocenters. The number of rotatable bonds is 7. The van der Waals surface area contributed by atoms with Crippen molar-refractivity contribution in [3.8, 4) is 0 Å². The SMILES string of the molecule is CCN1CCN(C(=O)c2nc(C(=O)NCCCN(C)C)n3c2CCCC3)CC1. The third kappa shape index (κ3) is 4.72. The van der Waals surface area contributed by atoms with E-state index >= 15 is 0 Å². The molecule has 0 aromatic carbocycles. The van der Waals surface area contributed by atoms with Gasteiger partial charge in [0.25, 0.3) is 11.8 Å². The van der Waals surface area contributed by atoms with Crippen molar-refractivity contribution in [3.05, 3.63) is 17.2 Å². The number of hydrogen-bond donors (Lipinski definition) is 1. The Bertz CT molecular complexity index is 691. The first-order valence-electron chi connectivity index (χ1n) is 10.5. The lowest BCUT2D eigenvalue weighted by atomic mass is 10.1. The topological polar surface area (TPSA) is 73.7 Å². The molecule has 1 saturated heterocycles. The molecule has 2 aliphatic rings. The summed E-state index contributed by atoms with van der Waals surface area (Å²) in [4.78, 5) is 36.7. The number of likely N-dealkylation sites (N-methyl/N-ethyl adjacent to an activating group) is 1. The van der Waals surface area contributed by atoms with Gasteiger partial charge in [0.15, 0.2) is 5.82 Å². The highest BCUT2D eigenvalue weighted by molar-refractivity contribution is 5.97. The van der Waals surface area contributed by atoms with Crippen molar-refractivity contribution in [2.24, 2.45) is 0 Å². The van der Waals surface area contributed by atoms with Gasteiger partial charge >= 0.3 is 0 Å². The summed E-state index contributed by atoms with van der Waals surface area (Å²) >= 11 is 0. The fraction of sp³-hybridized carbons (Fsp3) is 0.750. The molecule has 0 bridgehead atoms. The molecule has 0 atom stereocenters. The van der Waals surface area contributed by atoms with Gasteiger partial charge in [-0.15, -0.1) is 0 Å². The molecule has 3 heterocycles. The molecule has 156 valence electrons. The van der Waals surface area contributed by atoms with Crippen molar-refractivity contribution in [1.82, 2.24) is 29.6 Å². The van der Waals surface area contributed by atoms with E-state index in [-0.39, 0.29) is 11.8 Å². The second kappa shape index (κ2) is 9.52. The third-order valence-electron chi connectivity index (χ3n) is 5.70. The summed E-state index contributed by atoms with van der Waals surface area (Å²) in [5.74, 6) is 0.208. The summed E-state index contributed by atoms with van der Waals surface area (Å²) in [6.07, 6.45) is 3.77. The van der Waals surface area contributed by atoms with E-state index in [0.29, 0.717) is 18.1 Å². The maximum absolute atomic E-state index is 13.1. The number of nitrogens with zero attached hydrogens (tertiary/aromatic N) is 5. The lowest BCUT2D eigenvalue weighted by molar-refractivity contribution is 0.0636. The molecule has 1 aromatic rings. The van der Waals surface area contributed by atoms with Crippen LogP contribution in [0.25, 0.3) is 0 Å². The number of nitrogens with one attached hydrogen (secondary N) is 1. The second-order valence-corrected chi connectivity index (χ2v) is 7.98. The molecule has 2 amide bonds. The van der Waals surface area contributed by atoms with E-state index in [0.717, 1.165) is 77.2 Å². The Labute approximate surface area is 167 Å². The molecule has 1 N–H and O–H groups in total. The Morgan fingerprint density at radius 2 is 1.86 bits per heavy atom.